The van der Waals surface area contributed by atoms with Gasteiger partial charge in [-0.25, -0.2) is 14.8 Å². The molecule has 0 aromatic carbocycles. The van der Waals surface area contributed by atoms with Crippen LogP contribution in [0.3, 0.4) is 0 Å². The van der Waals surface area contributed by atoms with Crippen LogP contribution < -0.4 is 45.2 Å². The van der Waals surface area contributed by atoms with E-state index in [-0.39, 0.29) is 36.4 Å². The molecule has 260 valence electrons. The van der Waals surface area contributed by atoms with E-state index >= 15 is 0 Å². The van der Waals surface area contributed by atoms with Gasteiger partial charge in [0.2, 0.25) is 11.8 Å². The predicted octanol–water partition coefficient (Wildman–Crippen LogP) is -1.30. The Morgan fingerprint density at radius 2 is 1.63 bits per heavy atom. The van der Waals surface area contributed by atoms with Crippen molar-refractivity contribution in [1.29, 1.82) is 0 Å². The highest BCUT2D eigenvalue weighted by molar-refractivity contribution is 7.95. The molecule has 6 N–H and O–H groups in total. The average Bonchev–Trinajstić information content (AvgIpc) is 3.61. The molecule has 0 fully saturated rings. The van der Waals surface area contributed by atoms with Gasteiger partial charge in [-0.05, 0) is 45.5 Å². The number of thiazole rings is 2. The predicted molar refractivity (Wildman–Crippen MR) is 179 cm³/mol. The largest absolute Gasteiger partial charge is 1.00 e. The van der Waals surface area contributed by atoms with Crippen LogP contribution in [0, 0.1) is 5.92 Å². The molecule has 2 heterocycles. The lowest BCUT2D eigenvalue weighted by molar-refractivity contribution is -0.135. The van der Waals surface area contributed by atoms with Gasteiger partial charge in [0.1, 0.15) is 33.8 Å². The van der Waals surface area contributed by atoms with E-state index in [1.165, 1.54) is 43.4 Å². The molecule has 0 radical (unpaired) electrons. The molecular weight excluding hydrogens is 767 g/mol. The first kappa shape index (κ1) is 42.0. The monoisotopic (exact) mass is 814 g/mol. The maximum absolute atomic E-state index is 12.9. The lowest BCUT2D eigenvalue weighted by Crippen LogP contribution is -3.00. The molecule has 5 atom stereocenters. The Bertz CT molecular complexity index is 1280. The minimum Gasteiger partial charge on any atom is -1.00 e. The minimum atomic E-state index is -1.28. The van der Waals surface area contributed by atoms with Crippen molar-refractivity contribution in [3.8, 4) is 10.7 Å². The second kappa shape index (κ2) is 19.7. The Kier molecular flexibility index (Phi) is 18.0. The van der Waals surface area contributed by atoms with Crippen LogP contribution in [-0.2, 0) is 31.6 Å². The first-order chi connectivity index (χ1) is 21.0. The first-order valence-corrected chi connectivity index (χ1v) is 18.6. The van der Waals surface area contributed by atoms with Gasteiger partial charge >= 0.3 is 6.09 Å². The van der Waals surface area contributed by atoms with Crippen molar-refractivity contribution in [3.05, 3.63) is 21.5 Å². The Labute approximate surface area is 298 Å². The fourth-order valence-electron chi connectivity index (χ4n) is 3.93. The SMILES string of the molecule is C[C@@H](O)[C@H](NC(=O)[C@H](C)[C@@H](O)[C@@H](C)NC(=O)OC(C)(C)C)C(=O)NCCc1nc(-c2nc(C(=O)NCCC[S+](C)C)cs2)cs1.[I-]. The Hall–Kier alpha value is -2.06. The number of amides is 4. The summed E-state index contributed by atoms with van der Waals surface area (Å²) in [6, 6.07) is -2.09. The topological polar surface area (TPSA) is 192 Å². The van der Waals surface area contributed by atoms with E-state index in [9.17, 15) is 29.4 Å². The fourth-order valence-corrected chi connectivity index (χ4v) is 6.27. The van der Waals surface area contributed by atoms with Gasteiger partial charge in [0.25, 0.3) is 5.91 Å². The summed E-state index contributed by atoms with van der Waals surface area (Å²) in [7, 11) is 0.340. The number of aliphatic hydroxyl groups is 2. The molecule has 4 amide bonds. The summed E-state index contributed by atoms with van der Waals surface area (Å²) >= 11 is 2.73. The van der Waals surface area contributed by atoms with Crippen molar-refractivity contribution in [2.45, 2.75) is 84.3 Å². The standard InChI is InChI=1S/C29H46N6O7S3.HI/c1-16(23(37)17(2)32-28(41)42-29(4,5)6)24(38)35-22(18(3)36)26(40)31-12-10-21-33-20(15-43-21)27-34-19(14-44-27)25(39)30-11-9-13-45(7)8;/h14-18,22-23,36-37H,9-13H2,1-8H3,(H3-,30,31,32,35,38,39,40,41);1H/t16-,17-,18-,22+,23-;/m1./s1. The maximum atomic E-state index is 12.9. The van der Waals surface area contributed by atoms with Crippen LogP contribution in [0.1, 0.15) is 63.5 Å². The molecule has 0 aliphatic heterocycles. The normalized spacial score (nSPS) is 14.7. The van der Waals surface area contributed by atoms with Gasteiger partial charge < -0.3 is 60.2 Å². The van der Waals surface area contributed by atoms with Gasteiger partial charge in [-0.1, -0.05) is 6.92 Å². The molecule has 0 aliphatic rings. The van der Waals surface area contributed by atoms with Crippen LogP contribution in [0.5, 0.6) is 0 Å². The van der Waals surface area contributed by atoms with Gasteiger partial charge in [-0.2, -0.15) is 0 Å². The van der Waals surface area contributed by atoms with E-state index in [0.29, 0.717) is 40.3 Å². The summed E-state index contributed by atoms with van der Waals surface area (Å²) in [5, 5.41) is 36.3. The Morgan fingerprint density at radius 3 is 2.24 bits per heavy atom. The van der Waals surface area contributed by atoms with Gasteiger partial charge in [0.15, 0.2) is 0 Å². The number of nitrogens with one attached hydrogen (secondary N) is 4. The summed E-state index contributed by atoms with van der Waals surface area (Å²) in [6.07, 6.45) is 2.43. The summed E-state index contributed by atoms with van der Waals surface area (Å²) < 4.78 is 5.18. The van der Waals surface area contributed by atoms with E-state index in [2.05, 4.69) is 43.7 Å². The summed E-state index contributed by atoms with van der Waals surface area (Å²) in [4.78, 5) is 59.1. The summed E-state index contributed by atoms with van der Waals surface area (Å²) in [6.45, 7) is 10.3. The zero-order chi connectivity index (χ0) is 33.9. The number of rotatable bonds is 16. The number of carbonyl (C=O) groups is 4. The third-order valence-electron chi connectivity index (χ3n) is 6.41. The molecule has 0 saturated heterocycles. The van der Waals surface area contributed by atoms with Crippen molar-refractivity contribution in [2.75, 3.05) is 31.4 Å². The highest BCUT2D eigenvalue weighted by atomic mass is 127. The number of nitrogens with zero attached hydrogens (tertiary/aromatic N) is 2. The van der Waals surface area contributed by atoms with Crippen molar-refractivity contribution < 1.29 is 58.1 Å². The molecule has 46 heavy (non-hydrogen) atoms. The molecule has 13 nitrogen and oxygen atoms in total. The van der Waals surface area contributed by atoms with Crippen LogP contribution >= 0.6 is 22.7 Å². The second-order valence-corrected chi connectivity index (χ2v) is 16.1. The van der Waals surface area contributed by atoms with Crippen LogP contribution in [0.2, 0.25) is 0 Å². The molecule has 0 spiro atoms. The Balaban J connectivity index is 0.0000106. The highest BCUT2D eigenvalue weighted by Gasteiger charge is 2.33. The zero-order valence-electron chi connectivity index (χ0n) is 27.5. The van der Waals surface area contributed by atoms with Crippen molar-refractivity contribution >= 4 is 57.4 Å². The second-order valence-electron chi connectivity index (χ2n) is 11.9. The molecule has 0 unspecified atom stereocenters. The number of aliphatic hydroxyl groups excluding tert-OH is 2. The smallest absolute Gasteiger partial charge is 0.407 e. The fraction of sp³-hybridized carbons (Fsp3) is 0.655. The number of alkyl carbamates (subject to hydrolysis) is 1. The van der Waals surface area contributed by atoms with Crippen molar-refractivity contribution in [3.63, 3.8) is 0 Å². The maximum Gasteiger partial charge on any atom is 0.407 e. The molecule has 0 aliphatic carbocycles. The lowest BCUT2D eigenvalue weighted by atomic mass is 9.97. The number of aromatic nitrogens is 2. The third kappa shape index (κ3) is 14.4. The van der Waals surface area contributed by atoms with E-state index < -0.39 is 53.7 Å². The molecule has 0 saturated carbocycles. The molecule has 17 heteroatoms. The van der Waals surface area contributed by atoms with Crippen LogP contribution in [0.15, 0.2) is 10.8 Å². The van der Waals surface area contributed by atoms with E-state index in [1.54, 1.807) is 26.2 Å². The summed E-state index contributed by atoms with van der Waals surface area (Å²) in [5.74, 6) is -1.42. The minimum absolute atomic E-state index is 0. The number of hydrogen-bond acceptors (Lipinski definition) is 11. The van der Waals surface area contributed by atoms with Gasteiger partial charge in [-0.3, -0.25) is 14.4 Å². The van der Waals surface area contributed by atoms with E-state index in [4.69, 9.17) is 4.74 Å². The molecule has 2 rings (SSSR count). The van der Waals surface area contributed by atoms with Crippen molar-refractivity contribution in [1.82, 2.24) is 31.2 Å². The lowest BCUT2D eigenvalue weighted by Gasteiger charge is -2.28. The van der Waals surface area contributed by atoms with Crippen LogP contribution in [-0.4, -0.2) is 105 Å². The van der Waals surface area contributed by atoms with Gasteiger partial charge in [-0.15, -0.1) is 22.7 Å². The molecule has 0 bridgehead atoms. The molecular formula is C29H47IN6O7S3. The van der Waals surface area contributed by atoms with Crippen LogP contribution in [0.4, 0.5) is 4.79 Å². The van der Waals surface area contributed by atoms with Gasteiger partial charge in [0, 0.05) is 36.7 Å². The molecule has 2 aromatic heterocycles. The number of halogens is 1. The molecule has 2 aromatic rings. The number of ether oxygens (including phenoxy) is 1. The number of hydrogen-bond donors (Lipinski definition) is 6. The zero-order valence-corrected chi connectivity index (χ0v) is 32.1. The average molecular weight is 815 g/mol. The quantitative estimate of drug-likeness (QED) is 0.0680. The van der Waals surface area contributed by atoms with Gasteiger partial charge in [0.05, 0.1) is 41.7 Å². The highest BCUT2D eigenvalue weighted by Crippen LogP contribution is 2.25. The van der Waals surface area contributed by atoms with Crippen molar-refractivity contribution in [2.24, 2.45) is 5.92 Å². The Morgan fingerprint density at radius 1 is 0.957 bits per heavy atom. The van der Waals surface area contributed by atoms with E-state index in [1.807, 2.05) is 5.38 Å². The van der Waals surface area contributed by atoms with Crippen LogP contribution in [0.25, 0.3) is 10.7 Å². The first-order valence-electron chi connectivity index (χ1n) is 14.6. The third-order valence-corrected chi connectivity index (χ3v) is 9.28. The van der Waals surface area contributed by atoms with E-state index in [0.717, 1.165) is 17.2 Å². The summed E-state index contributed by atoms with van der Waals surface area (Å²) in [5.41, 5.74) is 0.267. The number of carbonyl (C=O) groups excluding carboxylic acids is 4.